The minimum Gasteiger partial charge on any atom is -0.493 e. The number of nitrogens with one attached hydrogen (secondary N) is 1. The molecule has 0 aliphatic carbocycles. The zero-order valence-corrected chi connectivity index (χ0v) is 15.9. The van der Waals surface area contributed by atoms with Crippen molar-refractivity contribution in [3.8, 4) is 11.5 Å². The van der Waals surface area contributed by atoms with Gasteiger partial charge in [0, 0.05) is 0 Å². The molecular weight excluding hydrogens is 381 g/mol. The van der Waals surface area contributed by atoms with E-state index in [-0.39, 0.29) is 4.77 Å². The van der Waals surface area contributed by atoms with Crippen molar-refractivity contribution in [2.45, 2.75) is 38.8 Å². The number of hydrogen-bond acceptors (Lipinski definition) is 5. The third kappa shape index (κ3) is 5.81. The Balaban J connectivity index is 2.13. The fourth-order valence-corrected chi connectivity index (χ4v) is 2.48. The van der Waals surface area contributed by atoms with E-state index in [1.54, 1.807) is 18.2 Å². The number of methoxy groups -OCH3 is 1. The maximum Gasteiger partial charge on any atom is 0.453 e. The van der Waals surface area contributed by atoms with Crippen molar-refractivity contribution in [1.82, 2.24) is 14.9 Å². The largest absolute Gasteiger partial charge is 0.493 e. The normalized spacial score (nSPS) is 11.9. The van der Waals surface area contributed by atoms with Crippen molar-refractivity contribution in [3.63, 3.8) is 0 Å². The number of benzene rings is 1. The molecule has 1 aromatic heterocycles. The van der Waals surface area contributed by atoms with Gasteiger partial charge in [0.15, 0.2) is 11.5 Å². The number of hydrogen-bond donors (Lipinski definition) is 1. The molecule has 2 rings (SSSR count). The highest BCUT2D eigenvalue weighted by atomic mass is 32.1. The van der Waals surface area contributed by atoms with Crippen LogP contribution in [0.1, 0.15) is 44.0 Å². The molecule has 1 N–H and O–H groups in total. The molecule has 0 amide bonds. The van der Waals surface area contributed by atoms with Crippen LogP contribution in [0.25, 0.3) is 0 Å². The average molecular weight is 402 g/mol. The molecule has 6 nitrogen and oxygen atoms in total. The van der Waals surface area contributed by atoms with Crippen LogP contribution in [-0.2, 0) is 6.18 Å². The number of aromatic nitrogens is 3. The number of halogens is 3. The lowest BCUT2D eigenvalue weighted by Gasteiger charge is -2.11. The summed E-state index contributed by atoms with van der Waals surface area (Å²) in [6, 6.07) is 4.99. The standard InChI is InChI=1S/C17H21F3N4O2S/c1-3-4-5-6-9-26-13-8-7-12(10-14(13)25-2)11-21-24-15(17(18,19)20)22-23-16(24)27/h7-8,10-11H,3-6,9H2,1-2H3,(H,23,27). The van der Waals surface area contributed by atoms with E-state index >= 15 is 0 Å². The first-order valence-corrected chi connectivity index (χ1v) is 8.87. The van der Waals surface area contributed by atoms with Gasteiger partial charge in [-0.3, -0.25) is 0 Å². The van der Waals surface area contributed by atoms with Gasteiger partial charge in [-0.2, -0.15) is 22.9 Å². The zero-order chi connectivity index (χ0) is 19.9. The van der Waals surface area contributed by atoms with Gasteiger partial charge in [-0.1, -0.05) is 26.2 Å². The van der Waals surface area contributed by atoms with Crippen LogP contribution in [0.2, 0.25) is 0 Å². The maximum absolute atomic E-state index is 12.9. The van der Waals surface area contributed by atoms with Crippen molar-refractivity contribution in [3.05, 3.63) is 34.4 Å². The van der Waals surface area contributed by atoms with E-state index < -0.39 is 12.0 Å². The van der Waals surface area contributed by atoms with Gasteiger partial charge in [-0.25, -0.2) is 5.10 Å². The lowest BCUT2D eigenvalue weighted by atomic mass is 10.2. The predicted molar refractivity (Wildman–Crippen MR) is 98.0 cm³/mol. The van der Waals surface area contributed by atoms with Crippen molar-refractivity contribution < 1.29 is 22.6 Å². The Morgan fingerprint density at radius 1 is 1.26 bits per heavy atom. The Labute approximate surface area is 160 Å². The molecule has 10 heteroatoms. The number of alkyl halides is 3. The summed E-state index contributed by atoms with van der Waals surface area (Å²) in [6.07, 6.45) is 0.919. The van der Waals surface area contributed by atoms with Crippen LogP contribution in [0.3, 0.4) is 0 Å². The van der Waals surface area contributed by atoms with Crippen LogP contribution in [-0.4, -0.2) is 34.8 Å². The van der Waals surface area contributed by atoms with Crippen molar-refractivity contribution in [2.24, 2.45) is 5.10 Å². The van der Waals surface area contributed by atoms with Gasteiger partial charge in [0.2, 0.25) is 4.77 Å². The fraction of sp³-hybridized carbons (Fsp3) is 0.471. The molecule has 1 heterocycles. The summed E-state index contributed by atoms with van der Waals surface area (Å²) in [4.78, 5) is 0. The second-order valence-electron chi connectivity index (χ2n) is 5.73. The number of aromatic amines is 1. The topological polar surface area (TPSA) is 64.4 Å². The van der Waals surface area contributed by atoms with E-state index in [0.29, 0.717) is 28.3 Å². The summed E-state index contributed by atoms with van der Waals surface area (Å²) in [5, 5.41) is 9.03. The van der Waals surface area contributed by atoms with E-state index in [2.05, 4.69) is 22.2 Å². The molecule has 0 aliphatic heterocycles. The van der Waals surface area contributed by atoms with Crippen LogP contribution >= 0.6 is 12.2 Å². The van der Waals surface area contributed by atoms with Crippen molar-refractivity contribution in [2.75, 3.05) is 13.7 Å². The monoisotopic (exact) mass is 402 g/mol. The molecule has 0 spiro atoms. The first kappa shape index (κ1) is 20.9. The SMILES string of the molecule is CCCCCCOc1ccc(C=Nn2c(C(F)(F)F)n[nH]c2=S)cc1OC. The Morgan fingerprint density at radius 3 is 2.70 bits per heavy atom. The predicted octanol–water partition coefficient (Wildman–Crippen LogP) is 4.81. The van der Waals surface area contributed by atoms with Gasteiger partial charge in [0.1, 0.15) is 0 Å². The summed E-state index contributed by atoms with van der Waals surface area (Å²) in [6.45, 7) is 2.71. The van der Waals surface area contributed by atoms with E-state index in [1.165, 1.54) is 13.3 Å². The van der Waals surface area contributed by atoms with E-state index in [0.717, 1.165) is 25.7 Å². The molecule has 0 aliphatic rings. The van der Waals surface area contributed by atoms with Crippen LogP contribution in [0.5, 0.6) is 11.5 Å². The van der Waals surface area contributed by atoms with Crippen molar-refractivity contribution >= 4 is 18.4 Å². The number of unbranched alkanes of at least 4 members (excludes halogenated alkanes) is 3. The summed E-state index contributed by atoms with van der Waals surface area (Å²) in [7, 11) is 1.49. The molecule has 0 saturated heterocycles. The molecule has 2 aromatic rings. The Bertz CT molecular complexity index is 830. The number of nitrogens with zero attached hydrogens (tertiary/aromatic N) is 3. The van der Waals surface area contributed by atoms with E-state index in [9.17, 15) is 13.2 Å². The van der Waals surface area contributed by atoms with Crippen molar-refractivity contribution in [1.29, 1.82) is 0 Å². The van der Waals surface area contributed by atoms with Crippen LogP contribution in [0.15, 0.2) is 23.3 Å². The van der Waals surface area contributed by atoms with Gasteiger partial charge in [-0.15, -0.1) is 5.10 Å². The molecule has 0 fully saturated rings. The second-order valence-corrected chi connectivity index (χ2v) is 6.11. The fourth-order valence-electron chi connectivity index (χ4n) is 2.30. The molecule has 0 atom stereocenters. The molecule has 0 bridgehead atoms. The molecule has 27 heavy (non-hydrogen) atoms. The van der Waals surface area contributed by atoms with Gasteiger partial charge >= 0.3 is 6.18 Å². The zero-order valence-electron chi connectivity index (χ0n) is 15.0. The minimum atomic E-state index is -4.67. The maximum atomic E-state index is 12.9. The van der Waals surface area contributed by atoms with E-state index in [4.69, 9.17) is 21.7 Å². The van der Waals surface area contributed by atoms with Gasteiger partial charge < -0.3 is 9.47 Å². The number of ether oxygens (including phenoxy) is 2. The Hall–Kier alpha value is -2.36. The highest BCUT2D eigenvalue weighted by Gasteiger charge is 2.37. The lowest BCUT2D eigenvalue weighted by molar-refractivity contribution is -0.147. The van der Waals surface area contributed by atoms with Gasteiger partial charge in [0.25, 0.3) is 5.82 Å². The van der Waals surface area contributed by atoms with Crippen LogP contribution in [0.4, 0.5) is 13.2 Å². The lowest BCUT2D eigenvalue weighted by Crippen LogP contribution is -2.12. The number of H-pyrrole nitrogens is 1. The third-order valence-corrected chi connectivity index (χ3v) is 3.93. The highest BCUT2D eigenvalue weighted by Crippen LogP contribution is 2.29. The first-order chi connectivity index (χ1) is 12.9. The molecule has 1 aromatic carbocycles. The molecule has 0 radical (unpaired) electrons. The average Bonchev–Trinajstić information content (AvgIpc) is 3.01. The summed E-state index contributed by atoms with van der Waals surface area (Å²) >= 11 is 4.79. The summed E-state index contributed by atoms with van der Waals surface area (Å²) in [5.41, 5.74) is 0.529. The Kier molecular flexibility index (Phi) is 7.40. The molecule has 0 unspecified atom stereocenters. The quantitative estimate of drug-likeness (QED) is 0.371. The molecule has 0 saturated carbocycles. The summed E-state index contributed by atoms with van der Waals surface area (Å²) < 4.78 is 50.0. The van der Waals surface area contributed by atoms with Gasteiger partial charge in [0.05, 0.1) is 19.9 Å². The number of rotatable bonds is 9. The third-order valence-electron chi connectivity index (χ3n) is 3.67. The molecule has 148 valence electrons. The Morgan fingerprint density at radius 2 is 2.04 bits per heavy atom. The van der Waals surface area contributed by atoms with Crippen LogP contribution in [0, 0.1) is 4.77 Å². The van der Waals surface area contributed by atoms with Gasteiger partial charge in [-0.05, 0) is 42.4 Å². The minimum absolute atomic E-state index is 0.252. The smallest absolute Gasteiger partial charge is 0.453 e. The first-order valence-electron chi connectivity index (χ1n) is 8.46. The molecular formula is C17H21F3N4O2S. The van der Waals surface area contributed by atoms with Crippen LogP contribution < -0.4 is 9.47 Å². The van der Waals surface area contributed by atoms with E-state index in [1.807, 2.05) is 0 Å². The second kappa shape index (κ2) is 9.54. The highest BCUT2D eigenvalue weighted by molar-refractivity contribution is 7.71. The summed E-state index contributed by atoms with van der Waals surface area (Å²) in [5.74, 6) is -0.175.